The quantitative estimate of drug-likeness (QED) is 0.662. The summed E-state index contributed by atoms with van der Waals surface area (Å²) in [7, 11) is 0. The lowest BCUT2D eigenvalue weighted by molar-refractivity contribution is 1.34. The normalized spacial score (nSPS) is 21.4. The van der Waals surface area contributed by atoms with Gasteiger partial charge in [0, 0.05) is 37.2 Å². The van der Waals surface area contributed by atoms with E-state index >= 15 is 0 Å². The van der Waals surface area contributed by atoms with Gasteiger partial charge in [-0.25, -0.2) is 4.99 Å². The molecule has 0 amide bonds. The number of allylic oxidation sites excluding steroid dienone is 1. The van der Waals surface area contributed by atoms with Crippen LogP contribution in [0.1, 0.15) is 12.8 Å². The van der Waals surface area contributed by atoms with E-state index in [1.807, 2.05) is 6.08 Å². The molecule has 0 unspecified atom stereocenters. The molecule has 1 aliphatic heterocycles. The Bertz CT molecular complexity index is 263. The SMILES string of the molecule is N/C=C\N=C1CC=CN=C(Cl)C1. The zero-order chi connectivity index (χ0) is 8.81. The van der Waals surface area contributed by atoms with Crippen LogP contribution in [0.3, 0.4) is 0 Å². The van der Waals surface area contributed by atoms with Gasteiger partial charge in [-0.1, -0.05) is 17.7 Å². The minimum atomic E-state index is 0.563. The molecule has 0 radical (unpaired) electrons. The van der Waals surface area contributed by atoms with Crippen molar-refractivity contribution in [3.05, 3.63) is 24.7 Å². The van der Waals surface area contributed by atoms with Crippen molar-refractivity contribution < 1.29 is 0 Å². The van der Waals surface area contributed by atoms with Crippen molar-refractivity contribution in [2.75, 3.05) is 0 Å². The Morgan fingerprint density at radius 3 is 3.25 bits per heavy atom. The maximum atomic E-state index is 5.76. The second-order valence-electron chi connectivity index (χ2n) is 2.31. The van der Waals surface area contributed by atoms with E-state index in [-0.39, 0.29) is 0 Å². The summed E-state index contributed by atoms with van der Waals surface area (Å²) in [6, 6.07) is 0. The lowest BCUT2D eigenvalue weighted by Gasteiger charge is -1.96. The van der Waals surface area contributed by atoms with Gasteiger partial charge >= 0.3 is 0 Å². The van der Waals surface area contributed by atoms with E-state index in [2.05, 4.69) is 9.98 Å². The number of nitrogens with zero attached hydrogens (tertiary/aromatic N) is 2. The van der Waals surface area contributed by atoms with Gasteiger partial charge in [0.1, 0.15) is 5.17 Å². The summed E-state index contributed by atoms with van der Waals surface area (Å²) < 4.78 is 0. The van der Waals surface area contributed by atoms with Crippen LogP contribution in [0.5, 0.6) is 0 Å². The summed E-state index contributed by atoms with van der Waals surface area (Å²) in [5, 5.41) is 0.563. The molecule has 0 aromatic rings. The Morgan fingerprint density at radius 2 is 2.50 bits per heavy atom. The summed E-state index contributed by atoms with van der Waals surface area (Å²) in [5.41, 5.74) is 6.12. The molecule has 0 atom stereocenters. The van der Waals surface area contributed by atoms with E-state index in [4.69, 9.17) is 17.3 Å². The van der Waals surface area contributed by atoms with E-state index in [9.17, 15) is 0 Å². The largest absolute Gasteiger partial charge is 0.403 e. The summed E-state index contributed by atoms with van der Waals surface area (Å²) in [5.74, 6) is 0. The van der Waals surface area contributed by atoms with Gasteiger partial charge in [0.25, 0.3) is 0 Å². The molecule has 0 saturated carbocycles. The number of aliphatic imine (C=N–C) groups is 2. The molecule has 0 aliphatic carbocycles. The van der Waals surface area contributed by atoms with Gasteiger partial charge in [0.05, 0.1) is 0 Å². The minimum absolute atomic E-state index is 0.563. The Hall–Kier alpha value is -1.09. The van der Waals surface area contributed by atoms with E-state index in [1.165, 1.54) is 6.20 Å². The van der Waals surface area contributed by atoms with Crippen LogP contribution in [0.4, 0.5) is 0 Å². The Morgan fingerprint density at radius 1 is 1.67 bits per heavy atom. The number of halogens is 1. The van der Waals surface area contributed by atoms with Gasteiger partial charge in [0.2, 0.25) is 0 Å². The second-order valence-corrected chi connectivity index (χ2v) is 2.74. The van der Waals surface area contributed by atoms with Crippen LogP contribution in [0, 0.1) is 0 Å². The molecule has 12 heavy (non-hydrogen) atoms. The monoisotopic (exact) mass is 183 g/mol. The zero-order valence-corrected chi connectivity index (χ0v) is 7.33. The highest BCUT2D eigenvalue weighted by Crippen LogP contribution is 2.06. The van der Waals surface area contributed by atoms with Crippen molar-refractivity contribution in [2.24, 2.45) is 15.7 Å². The fraction of sp³-hybridized carbons (Fsp3) is 0.250. The first-order chi connectivity index (χ1) is 5.83. The van der Waals surface area contributed by atoms with Gasteiger partial charge in [-0.3, -0.25) is 4.99 Å². The average Bonchev–Trinajstić information content (AvgIpc) is 2.26. The number of rotatable bonds is 1. The van der Waals surface area contributed by atoms with E-state index in [1.54, 1.807) is 12.4 Å². The first kappa shape index (κ1) is 9.00. The molecular weight excluding hydrogens is 174 g/mol. The predicted molar refractivity (Wildman–Crippen MR) is 52.4 cm³/mol. The molecule has 0 spiro atoms. The summed E-state index contributed by atoms with van der Waals surface area (Å²) in [6.45, 7) is 0. The summed E-state index contributed by atoms with van der Waals surface area (Å²) in [6.07, 6.45) is 7.95. The van der Waals surface area contributed by atoms with Crippen LogP contribution >= 0.6 is 11.6 Å². The third-order valence-corrected chi connectivity index (χ3v) is 1.60. The van der Waals surface area contributed by atoms with Crippen molar-refractivity contribution in [3.63, 3.8) is 0 Å². The predicted octanol–water partition coefficient (Wildman–Crippen LogP) is 1.80. The number of hydrogen-bond acceptors (Lipinski definition) is 3. The van der Waals surface area contributed by atoms with E-state index in [0.717, 1.165) is 12.1 Å². The molecule has 1 rings (SSSR count). The molecule has 0 aromatic heterocycles. The van der Waals surface area contributed by atoms with Gasteiger partial charge < -0.3 is 5.73 Å². The summed E-state index contributed by atoms with van der Waals surface area (Å²) >= 11 is 5.76. The standard InChI is InChI=1S/C8H10ClN3/c9-8-6-7(11-5-3-10)2-1-4-12-8/h1,3-5H,2,6,10H2/b5-3-,11-7?. The van der Waals surface area contributed by atoms with Gasteiger partial charge in [-0.05, 0) is 0 Å². The summed E-state index contributed by atoms with van der Waals surface area (Å²) in [4.78, 5) is 8.05. The maximum absolute atomic E-state index is 5.76. The second kappa shape index (κ2) is 4.72. The smallest absolute Gasteiger partial charge is 0.111 e. The molecule has 0 bridgehead atoms. The van der Waals surface area contributed by atoms with Crippen LogP contribution in [0.25, 0.3) is 0 Å². The molecular formula is C8H10ClN3. The molecule has 3 nitrogen and oxygen atoms in total. The first-order valence-corrected chi connectivity index (χ1v) is 4.00. The lowest BCUT2D eigenvalue weighted by atomic mass is 10.2. The van der Waals surface area contributed by atoms with Crippen molar-refractivity contribution >= 4 is 22.5 Å². The average molecular weight is 184 g/mol. The third kappa shape index (κ3) is 2.88. The molecule has 1 aliphatic rings. The Kier molecular flexibility index (Phi) is 3.54. The Balaban J connectivity index is 2.68. The van der Waals surface area contributed by atoms with Gasteiger partial charge in [-0.2, -0.15) is 0 Å². The van der Waals surface area contributed by atoms with Gasteiger partial charge in [-0.15, -0.1) is 0 Å². The van der Waals surface area contributed by atoms with Crippen LogP contribution in [0.2, 0.25) is 0 Å². The van der Waals surface area contributed by atoms with Gasteiger partial charge in [0.15, 0.2) is 0 Å². The van der Waals surface area contributed by atoms with Crippen LogP contribution in [0.15, 0.2) is 34.7 Å². The maximum Gasteiger partial charge on any atom is 0.111 e. The topological polar surface area (TPSA) is 50.7 Å². The number of nitrogens with two attached hydrogens (primary N) is 1. The van der Waals surface area contributed by atoms with Crippen LogP contribution < -0.4 is 5.73 Å². The fourth-order valence-corrected chi connectivity index (χ4v) is 1.07. The minimum Gasteiger partial charge on any atom is -0.403 e. The highest BCUT2D eigenvalue weighted by atomic mass is 35.5. The molecule has 2 N–H and O–H groups in total. The molecule has 64 valence electrons. The van der Waals surface area contributed by atoms with E-state index in [0.29, 0.717) is 11.6 Å². The van der Waals surface area contributed by atoms with E-state index < -0.39 is 0 Å². The highest BCUT2D eigenvalue weighted by molar-refractivity contribution is 6.67. The molecule has 4 heteroatoms. The van der Waals surface area contributed by atoms with Crippen LogP contribution in [-0.4, -0.2) is 10.9 Å². The molecule has 0 aromatic carbocycles. The molecule has 1 heterocycles. The van der Waals surface area contributed by atoms with Crippen LogP contribution in [-0.2, 0) is 0 Å². The number of hydrogen-bond donors (Lipinski definition) is 1. The zero-order valence-electron chi connectivity index (χ0n) is 6.57. The van der Waals surface area contributed by atoms with Crippen molar-refractivity contribution in [1.82, 2.24) is 0 Å². The lowest BCUT2D eigenvalue weighted by Crippen LogP contribution is -1.99. The fourth-order valence-electron chi connectivity index (χ4n) is 0.855. The van der Waals surface area contributed by atoms with Crippen molar-refractivity contribution in [3.8, 4) is 0 Å². The van der Waals surface area contributed by atoms with Crippen molar-refractivity contribution in [1.29, 1.82) is 0 Å². The first-order valence-electron chi connectivity index (χ1n) is 3.62. The molecule has 0 fully saturated rings. The molecule has 0 saturated heterocycles. The highest BCUT2D eigenvalue weighted by Gasteiger charge is 2.03. The van der Waals surface area contributed by atoms with Crippen molar-refractivity contribution in [2.45, 2.75) is 12.8 Å². The Labute approximate surface area is 76.3 Å². The third-order valence-electron chi connectivity index (χ3n) is 1.37.